The van der Waals surface area contributed by atoms with Crippen molar-refractivity contribution >= 4 is 15.9 Å². The van der Waals surface area contributed by atoms with E-state index in [0.717, 1.165) is 16.7 Å². The van der Waals surface area contributed by atoms with Crippen LogP contribution in [0.3, 0.4) is 0 Å². The molecule has 3 atom stereocenters. The van der Waals surface area contributed by atoms with Gasteiger partial charge in [0.25, 0.3) is 0 Å². The minimum absolute atomic E-state index is 0.154. The van der Waals surface area contributed by atoms with E-state index in [9.17, 15) is 18.3 Å². The van der Waals surface area contributed by atoms with Crippen LogP contribution in [0.15, 0.2) is 89.8 Å². The zero-order valence-corrected chi connectivity index (χ0v) is 19.2. The molecule has 2 fully saturated rings. The van der Waals surface area contributed by atoms with Crippen LogP contribution in [0.2, 0.25) is 0 Å². The van der Waals surface area contributed by atoms with Crippen LogP contribution in [0.25, 0.3) is 0 Å². The lowest BCUT2D eigenvalue weighted by Gasteiger charge is -2.58. The molecule has 0 aromatic heterocycles. The van der Waals surface area contributed by atoms with Gasteiger partial charge in [-0.2, -0.15) is 4.31 Å². The second kappa shape index (κ2) is 9.07. The molecule has 0 bridgehead atoms. The van der Waals surface area contributed by atoms with Gasteiger partial charge in [0.05, 0.1) is 30.1 Å². The minimum Gasteiger partial charge on any atom is -0.394 e. The van der Waals surface area contributed by atoms with E-state index in [0.29, 0.717) is 0 Å². The van der Waals surface area contributed by atoms with E-state index in [2.05, 4.69) is 11.8 Å². The second-order valence-corrected chi connectivity index (χ2v) is 10.4. The van der Waals surface area contributed by atoms with Crippen LogP contribution in [-0.2, 0) is 14.8 Å². The number of nitrogens with zero attached hydrogens (tertiary/aromatic N) is 2. The average molecular weight is 473 g/mol. The maximum Gasteiger partial charge on any atom is 0.243 e. The van der Waals surface area contributed by atoms with Gasteiger partial charge in [0.15, 0.2) is 0 Å². The molecule has 5 rings (SSSR count). The predicted octanol–water partition coefficient (Wildman–Crippen LogP) is 2.45. The molecule has 2 aliphatic heterocycles. The first-order chi connectivity index (χ1) is 16.5. The lowest BCUT2D eigenvalue weighted by Crippen LogP contribution is -2.73. The summed E-state index contributed by atoms with van der Waals surface area (Å²) in [7, 11) is -3.78. The Morgan fingerprint density at radius 1 is 0.853 bits per heavy atom. The lowest BCUT2D eigenvalue weighted by molar-refractivity contribution is -0.158. The first kappa shape index (κ1) is 22.4. The van der Waals surface area contributed by atoms with Crippen molar-refractivity contribution in [3.05, 3.63) is 102 Å². The first-order valence-electron chi connectivity index (χ1n) is 11.1. The van der Waals surface area contributed by atoms with E-state index in [1.165, 1.54) is 16.4 Å². The van der Waals surface area contributed by atoms with Gasteiger partial charge in [0.2, 0.25) is 15.9 Å². The molecule has 2 aliphatic rings. The fraction of sp³-hybridized carbons (Fsp3) is 0.222. The number of hydrogen-bond donors (Lipinski definition) is 1. The maximum atomic E-state index is 13.1. The Morgan fingerprint density at radius 3 is 2.06 bits per heavy atom. The summed E-state index contributed by atoms with van der Waals surface area (Å²) in [6.45, 7) is -0.196. The molecule has 6 nitrogen and oxygen atoms in total. The zero-order valence-electron chi connectivity index (χ0n) is 18.4. The zero-order chi connectivity index (χ0) is 23.7. The number of amides is 1. The number of carbonyl (C=O) groups excluding carboxylic acids is 1. The number of aliphatic hydroxyl groups is 1. The third kappa shape index (κ3) is 4.01. The predicted molar refractivity (Wildman–Crippen MR) is 128 cm³/mol. The number of piperazine rings is 1. The van der Waals surface area contributed by atoms with Crippen molar-refractivity contribution in [3.8, 4) is 11.8 Å². The third-order valence-corrected chi connectivity index (χ3v) is 8.35. The van der Waals surface area contributed by atoms with Crippen LogP contribution in [0.1, 0.15) is 22.6 Å². The van der Waals surface area contributed by atoms with Crippen molar-refractivity contribution in [1.29, 1.82) is 0 Å². The van der Waals surface area contributed by atoms with Gasteiger partial charge in [0, 0.05) is 23.6 Å². The Labute approximate surface area is 199 Å². The summed E-state index contributed by atoms with van der Waals surface area (Å²) in [5.41, 5.74) is 2.75. The highest BCUT2D eigenvalue weighted by Crippen LogP contribution is 2.43. The van der Waals surface area contributed by atoms with Crippen LogP contribution < -0.4 is 0 Å². The molecule has 2 heterocycles. The number of aliphatic hydroxyl groups excluding tert-OH is 1. The molecule has 0 unspecified atom stereocenters. The molecule has 34 heavy (non-hydrogen) atoms. The lowest BCUT2D eigenvalue weighted by atomic mass is 9.74. The number of rotatable bonds is 4. The van der Waals surface area contributed by atoms with E-state index in [1.807, 2.05) is 54.6 Å². The van der Waals surface area contributed by atoms with Gasteiger partial charge in [-0.15, -0.1) is 0 Å². The van der Waals surface area contributed by atoms with E-state index < -0.39 is 10.0 Å². The Kier molecular flexibility index (Phi) is 5.96. The SMILES string of the molecule is O=C1CN(S(=O)(=O)c2ccccc2)C[C@@H]2[C@@H](c3ccc(C#Cc4ccccc4)cc3)[C@@H](CO)N12. The summed E-state index contributed by atoms with van der Waals surface area (Å²) in [5.74, 6) is 5.84. The standard InChI is InChI=1S/C27H24N2O4S/c30-19-25-27(22-15-13-21(14-16-22)12-11-20-7-3-1-4-8-20)24-17-28(18-26(31)29(24)25)34(32,33)23-9-5-2-6-10-23/h1-10,13-16,24-25,27,30H,17-19H2/t24-,25-,27-/m1/s1. The van der Waals surface area contributed by atoms with Gasteiger partial charge in [-0.25, -0.2) is 8.42 Å². The van der Waals surface area contributed by atoms with Gasteiger partial charge in [0.1, 0.15) is 0 Å². The minimum atomic E-state index is -3.78. The van der Waals surface area contributed by atoms with Gasteiger partial charge in [-0.05, 0) is 42.0 Å². The van der Waals surface area contributed by atoms with Crippen LogP contribution in [0.4, 0.5) is 0 Å². The molecule has 0 aliphatic carbocycles. The van der Waals surface area contributed by atoms with Crippen molar-refractivity contribution in [3.63, 3.8) is 0 Å². The summed E-state index contributed by atoms with van der Waals surface area (Å²) >= 11 is 0. The fourth-order valence-electron chi connectivity index (χ4n) is 4.85. The quantitative estimate of drug-likeness (QED) is 0.592. The normalized spacial score (nSPS) is 22.3. The topological polar surface area (TPSA) is 77.9 Å². The molecular formula is C27H24N2O4S. The summed E-state index contributed by atoms with van der Waals surface area (Å²) in [6, 6.07) is 25.0. The first-order valence-corrected chi connectivity index (χ1v) is 12.6. The number of sulfonamides is 1. The molecule has 3 aromatic rings. The molecule has 7 heteroatoms. The monoisotopic (exact) mass is 472 g/mol. The van der Waals surface area contributed by atoms with Crippen LogP contribution >= 0.6 is 0 Å². The van der Waals surface area contributed by atoms with E-state index >= 15 is 0 Å². The number of fused-ring (bicyclic) bond motifs is 1. The maximum absolute atomic E-state index is 13.1. The number of carbonyl (C=O) groups is 1. The molecule has 1 N–H and O–H groups in total. The largest absolute Gasteiger partial charge is 0.394 e. The second-order valence-electron chi connectivity index (χ2n) is 8.49. The summed E-state index contributed by atoms with van der Waals surface area (Å²) < 4.78 is 27.5. The van der Waals surface area contributed by atoms with E-state index in [1.54, 1.807) is 23.1 Å². The number of benzene rings is 3. The Balaban J connectivity index is 1.38. The van der Waals surface area contributed by atoms with Crippen LogP contribution in [0, 0.1) is 11.8 Å². The van der Waals surface area contributed by atoms with Crippen LogP contribution in [0.5, 0.6) is 0 Å². The highest BCUT2D eigenvalue weighted by molar-refractivity contribution is 7.89. The van der Waals surface area contributed by atoms with Crippen molar-refractivity contribution in [1.82, 2.24) is 9.21 Å². The van der Waals surface area contributed by atoms with E-state index in [-0.39, 0.29) is 48.5 Å². The third-order valence-electron chi connectivity index (χ3n) is 6.52. The average Bonchev–Trinajstić information content (AvgIpc) is 2.86. The molecular weight excluding hydrogens is 448 g/mol. The van der Waals surface area contributed by atoms with Crippen molar-refractivity contribution < 1.29 is 18.3 Å². The summed E-state index contributed by atoms with van der Waals surface area (Å²) in [6.07, 6.45) is 0. The van der Waals surface area contributed by atoms with Crippen LogP contribution in [-0.4, -0.2) is 60.4 Å². The molecule has 172 valence electrons. The van der Waals surface area contributed by atoms with Gasteiger partial charge in [-0.1, -0.05) is 60.4 Å². The molecule has 2 saturated heterocycles. The Morgan fingerprint density at radius 2 is 1.44 bits per heavy atom. The van der Waals surface area contributed by atoms with Gasteiger partial charge >= 0.3 is 0 Å². The molecule has 1 amide bonds. The molecule has 3 aromatic carbocycles. The van der Waals surface area contributed by atoms with Crippen molar-refractivity contribution in [2.75, 3.05) is 19.7 Å². The molecule has 0 radical (unpaired) electrons. The highest BCUT2D eigenvalue weighted by Gasteiger charge is 2.55. The van der Waals surface area contributed by atoms with Gasteiger partial charge in [-0.3, -0.25) is 4.79 Å². The van der Waals surface area contributed by atoms with Crippen molar-refractivity contribution in [2.24, 2.45) is 0 Å². The summed E-state index contributed by atoms with van der Waals surface area (Å²) in [4.78, 5) is 14.7. The molecule has 0 spiro atoms. The highest BCUT2D eigenvalue weighted by atomic mass is 32.2. The fourth-order valence-corrected chi connectivity index (χ4v) is 6.28. The van der Waals surface area contributed by atoms with E-state index in [4.69, 9.17) is 0 Å². The van der Waals surface area contributed by atoms with Crippen molar-refractivity contribution in [2.45, 2.75) is 22.9 Å². The Hall–Kier alpha value is -3.44. The number of hydrogen-bond acceptors (Lipinski definition) is 4. The Bertz CT molecular complexity index is 1350. The molecule has 0 saturated carbocycles. The smallest absolute Gasteiger partial charge is 0.243 e. The summed E-state index contributed by atoms with van der Waals surface area (Å²) in [5, 5.41) is 10.00. The van der Waals surface area contributed by atoms with Gasteiger partial charge < -0.3 is 10.0 Å².